The van der Waals surface area contributed by atoms with Crippen LogP contribution in [0.5, 0.6) is 0 Å². The number of carbonyl (C=O) groups excluding carboxylic acids is 2. The second-order valence-corrected chi connectivity index (χ2v) is 6.70. The summed E-state index contributed by atoms with van der Waals surface area (Å²) in [4.78, 5) is 24.2. The highest BCUT2D eigenvalue weighted by molar-refractivity contribution is 7.90. The van der Waals surface area contributed by atoms with E-state index in [0.29, 0.717) is 6.54 Å². The number of cyclic esters (lactones) is 1. The van der Waals surface area contributed by atoms with E-state index < -0.39 is 28.3 Å². The van der Waals surface area contributed by atoms with E-state index in [1.165, 1.54) is 17.0 Å². The van der Waals surface area contributed by atoms with Crippen molar-refractivity contribution in [1.82, 2.24) is 14.9 Å². The molecule has 0 aromatic heterocycles. The molecular weight excluding hydrogens is 310 g/mol. The second-order valence-electron chi connectivity index (χ2n) is 5.01. The average Bonchev–Trinajstić information content (AvgIpc) is 2.76. The van der Waals surface area contributed by atoms with Crippen molar-refractivity contribution in [2.75, 3.05) is 20.1 Å². The third-order valence-corrected chi connectivity index (χ3v) is 4.45. The molecule has 1 fully saturated rings. The zero-order chi connectivity index (χ0) is 16.3. The SMILES string of the molecule is Cc1ccc(S(=O)(=O)NC(=O)NCC2CN(C)C(=O)O2)cc1. The van der Waals surface area contributed by atoms with E-state index in [-0.39, 0.29) is 11.4 Å². The first-order valence-corrected chi connectivity index (χ1v) is 8.05. The van der Waals surface area contributed by atoms with Crippen LogP contribution in [-0.2, 0) is 14.8 Å². The van der Waals surface area contributed by atoms with E-state index >= 15 is 0 Å². The molecule has 0 saturated carbocycles. The first-order chi connectivity index (χ1) is 10.3. The number of rotatable bonds is 4. The number of benzene rings is 1. The fraction of sp³-hybridized carbons (Fsp3) is 0.385. The standard InChI is InChI=1S/C13H17N3O5S/c1-9-3-5-11(6-4-9)22(19,20)15-12(17)14-7-10-8-16(2)13(18)21-10/h3-6,10H,7-8H2,1-2H3,(H2,14,15,17). The predicted molar refractivity (Wildman–Crippen MR) is 77.8 cm³/mol. The summed E-state index contributed by atoms with van der Waals surface area (Å²) >= 11 is 0. The quantitative estimate of drug-likeness (QED) is 0.834. The first kappa shape index (κ1) is 16.1. The van der Waals surface area contributed by atoms with Gasteiger partial charge in [-0.05, 0) is 19.1 Å². The van der Waals surface area contributed by atoms with Gasteiger partial charge in [-0.15, -0.1) is 0 Å². The van der Waals surface area contributed by atoms with Gasteiger partial charge in [0.05, 0.1) is 18.0 Å². The lowest BCUT2D eigenvalue weighted by molar-refractivity contribution is 0.134. The van der Waals surface area contributed by atoms with Gasteiger partial charge in [0.1, 0.15) is 6.10 Å². The number of nitrogens with one attached hydrogen (secondary N) is 2. The molecule has 8 nitrogen and oxygen atoms in total. The lowest BCUT2D eigenvalue weighted by Crippen LogP contribution is -2.43. The maximum absolute atomic E-state index is 12.0. The van der Waals surface area contributed by atoms with Crippen molar-refractivity contribution in [2.24, 2.45) is 0 Å². The Morgan fingerprint density at radius 1 is 1.36 bits per heavy atom. The summed E-state index contributed by atoms with van der Waals surface area (Å²) in [6.07, 6.45) is -0.968. The van der Waals surface area contributed by atoms with Gasteiger partial charge in [-0.25, -0.2) is 22.7 Å². The molecule has 2 rings (SSSR count). The van der Waals surface area contributed by atoms with Crippen molar-refractivity contribution in [3.63, 3.8) is 0 Å². The molecule has 1 atom stereocenters. The molecule has 0 radical (unpaired) electrons. The van der Waals surface area contributed by atoms with Crippen molar-refractivity contribution in [1.29, 1.82) is 0 Å². The molecule has 0 spiro atoms. The predicted octanol–water partition coefficient (Wildman–Crippen LogP) is 0.434. The van der Waals surface area contributed by atoms with Crippen molar-refractivity contribution in [2.45, 2.75) is 17.9 Å². The number of urea groups is 1. The summed E-state index contributed by atoms with van der Waals surface area (Å²) in [5.74, 6) is 0. The third kappa shape index (κ3) is 3.88. The van der Waals surface area contributed by atoms with Gasteiger partial charge in [0.15, 0.2) is 0 Å². The van der Waals surface area contributed by atoms with Crippen LogP contribution >= 0.6 is 0 Å². The number of hydrogen-bond donors (Lipinski definition) is 2. The number of carbonyl (C=O) groups is 2. The molecule has 1 aliphatic rings. The van der Waals surface area contributed by atoms with Gasteiger partial charge in [-0.2, -0.15) is 0 Å². The summed E-state index contributed by atoms with van der Waals surface area (Å²) in [7, 11) is -2.35. The Hall–Kier alpha value is -2.29. The van der Waals surface area contributed by atoms with Crippen LogP contribution in [0.1, 0.15) is 5.56 Å². The Kier molecular flexibility index (Phi) is 4.55. The highest BCUT2D eigenvalue weighted by atomic mass is 32.2. The summed E-state index contributed by atoms with van der Waals surface area (Å²) in [5, 5.41) is 2.37. The highest BCUT2D eigenvalue weighted by Crippen LogP contribution is 2.10. The Morgan fingerprint density at radius 2 is 2.00 bits per heavy atom. The van der Waals surface area contributed by atoms with E-state index in [2.05, 4.69) is 5.32 Å². The zero-order valence-electron chi connectivity index (χ0n) is 12.2. The van der Waals surface area contributed by atoms with E-state index in [1.807, 2.05) is 11.6 Å². The summed E-state index contributed by atoms with van der Waals surface area (Å²) in [6, 6.07) is 5.24. The maximum Gasteiger partial charge on any atom is 0.410 e. The normalized spacial score (nSPS) is 18.0. The van der Waals surface area contributed by atoms with Crippen LogP contribution in [0, 0.1) is 6.92 Å². The van der Waals surface area contributed by atoms with Gasteiger partial charge in [-0.3, -0.25) is 0 Å². The van der Waals surface area contributed by atoms with Gasteiger partial charge in [0.25, 0.3) is 10.0 Å². The van der Waals surface area contributed by atoms with Crippen molar-refractivity contribution < 1.29 is 22.7 Å². The highest BCUT2D eigenvalue weighted by Gasteiger charge is 2.28. The molecule has 9 heteroatoms. The van der Waals surface area contributed by atoms with Crippen LogP contribution in [0.25, 0.3) is 0 Å². The summed E-state index contributed by atoms with van der Waals surface area (Å²) < 4.78 is 30.8. The molecule has 0 aliphatic carbocycles. The zero-order valence-corrected chi connectivity index (χ0v) is 13.0. The van der Waals surface area contributed by atoms with E-state index in [0.717, 1.165) is 5.56 Å². The van der Waals surface area contributed by atoms with Crippen LogP contribution in [0.4, 0.5) is 9.59 Å². The van der Waals surface area contributed by atoms with Crippen molar-refractivity contribution >= 4 is 22.1 Å². The molecule has 1 aromatic carbocycles. The van der Waals surface area contributed by atoms with Crippen LogP contribution in [0.3, 0.4) is 0 Å². The number of nitrogens with zero attached hydrogens (tertiary/aromatic N) is 1. The maximum atomic E-state index is 12.0. The molecule has 0 bridgehead atoms. The number of sulfonamides is 1. The molecule has 120 valence electrons. The molecule has 1 aliphatic heterocycles. The van der Waals surface area contributed by atoms with Gasteiger partial charge in [-0.1, -0.05) is 17.7 Å². The molecule has 1 heterocycles. The number of aryl methyl sites for hydroxylation is 1. The minimum absolute atomic E-state index is 0.000257. The lowest BCUT2D eigenvalue weighted by Gasteiger charge is -2.11. The average molecular weight is 327 g/mol. The van der Waals surface area contributed by atoms with E-state index in [1.54, 1.807) is 19.2 Å². The van der Waals surface area contributed by atoms with Crippen molar-refractivity contribution in [3.8, 4) is 0 Å². The van der Waals surface area contributed by atoms with E-state index in [9.17, 15) is 18.0 Å². The van der Waals surface area contributed by atoms with Crippen LogP contribution in [-0.4, -0.2) is 51.7 Å². The topological polar surface area (TPSA) is 105 Å². The summed E-state index contributed by atoms with van der Waals surface area (Å²) in [6.45, 7) is 2.20. The number of amides is 3. The van der Waals surface area contributed by atoms with Gasteiger partial charge in [0, 0.05) is 7.05 Å². The molecule has 1 aromatic rings. The Labute approximate surface area is 128 Å². The van der Waals surface area contributed by atoms with Crippen LogP contribution in [0.15, 0.2) is 29.2 Å². The summed E-state index contributed by atoms with van der Waals surface area (Å²) in [5.41, 5.74) is 0.913. The Morgan fingerprint density at radius 3 is 2.55 bits per heavy atom. The van der Waals surface area contributed by atoms with Gasteiger partial charge in [0.2, 0.25) is 0 Å². The smallest absolute Gasteiger partial charge is 0.410 e. The minimum atomic E-state index is -3.92. The minimum Gasteiger partial charge on any atom is -0.442 e. The molecule has 3 amide bonds. The Balaban J connectivity index is 1.89. The molecule has 1 saturated heterocycles. The fourth-order valence-corrected chi connectivity index (χ4v) is 2.83. The van der Waals surface area contributed by atoms with Crippen molar-refractivity contribution in [3.05, 3.63) is 29.8 Å². The molecule has 2 N–H and O–H groups in total. The van der Waals surface area contributed by atoms with Crippen LogP contribution in [0.2, 0.25) is 0 Å². The number of likely N-dealkylation sites (N-methyl/N-ethyl adjacent to an activating group) is 1. The van der Waals surface area contributed by atoms with Crippen LogP contribution < -0.4 is 10.0 Å². The monoisotopic (exact) mass is 327 g/mol. The second kappa shape index (κ2) is 6.22. The Bertz CT molecular complexity index is 671. The number of hydrogen-bond acceptors (Lipinski definition) is 5. The first-order valence-electron chi connectivity index (χ1n) is 6.57. The van der Waals surface area contributed by atoms with Gasteiger partial charge >= 0.3 is 12.1 Å². The van der Waals surface area contributed by atoms with E-state index in [4.69, 9.17) is 4.74 Å². The lowest BCUT2D eigenvalue weighted by atomic mass is 10.2. The fourth-order valence-electron chi connectivity index (χ4n) is 1.90. The van der Waals surface area contributed by atoms with Gasteiger partial charge < -0.3 is 15.0 Å². The molecular formula is C13H17N3O5S. The molecule has 1 unspecified atom stereocenters. The largest absolute Gasteiger partial charge is 0.442 e. The third-order valence-electron chi connectivity index (χ3n) is 3.11. The number of ether oxygens (including phenoxy) is 1. The molecule has 22 heavy (non-hydrogen) atoms.